The van der Waals surface area contributed by atoms with Crippen LogP contribution < -0.4 is 5.32 Å². The van der Waals surface area contributed by atoms with E-state index in [0.717, 1.165) is 69.8 Å². The first-order valence-electron chi connectivity index (χ1n) is 20.1. The number of likely N-dealkylation sites (tertiary alicyclic amines) is 2. The molecule has 4 amide bonds. The number of imidazole rings is 2. The highest BCUT2D eigenvalue weighted by atomic mass is 16.5. The highest BCUT2D eigenvalue weighted by Gasteiger charge is 2.57. The van der Waals surface area contributed by atoms with Gasteiger partial charge in [-0.2, -0.15) is 0 Å². The molecule has 0 unspecified atom stereocenters. The molecule has 9 rings (SSSR count). The lowest BCUT2D eigenvalue weighted by atomic mass is 10.0. The first-order chi connectivity index (χ1) is 27.8. The average molecular weight is 789 g/mol. The second-order valence-electron chi connectivity index (χ2n) is 17.1. The maximum absolute atomic E-state index is 13.9. The molecule has 58 heavy (non-hydrogen) atoms. The Balaban J connectivity index is 0.928. The number of fused-ring (bicyclic) bond motifs is 4. The van der Waals surface area contributed by atoms with Crippen LogP contribution in [0.15, 0.2) is 48.8 Å². The fourth-order valence-electron chi connectivity index (χ4n) is 9.38. The summed E-state index contributed by atoms with van der Waals surface area (Å²) in [4.78, 5) is 82.9. The van der Waals surface area contributed by atoms with Crippen LogP contribution in [0.2, 0.25) is 0 Å². The summed E-state index contributed by atoms with van der Waals surface area (Å²) in [5, 5.41) is 12.4. The summed E-state index contributed by atoms with van der Waals surface area (Å²) in [6, 6.07) is 10.1. The molecule has 4 aliphatic rings. The first-order valence-corrected chi connectivity index (χ1v) is 20.1. The molecule has 5 aromatic rings. The standard InChI is InChI=1S/C42H48N10O6/c1-19(2)35(49-41(55)58-6)39(53)51-31-13-24(31)16-34(51)38-46-26-10-8-22(12-28(26)47-38)29-17-43-27-11-21(7-9-25(27)45-29)30-18-44-37(48-30)33-15-23-14-32(23)52(33)40(54)36(20(3)4)50(5)42(56)57/h7-12,17-20,23-24,31-36H,13-16H2,1-6H3,(H,44,48)(H,46,47)(H,49,55)(H,56,57)/t23-,24-,31-,32-,33+,34+,35+,36+/m1/s1. The maximum atomic E-state index is 13.9. The molecule has 3 aromatic heterocycles. The first kappa shape index (κ1) is 37.5. The Kier molecular flexibility index (Phi) is 9.12. The van der Waals surface area contributed by atoms with Gasteiger partial charge in [0.2, 0.25) is 11.8 Å². The molecule has 2 saturated heterocycles. The van der Waals surface area contributed by atoms with E-state index in [1.165, 1.54) is 14.2 Å². The number of carbonyl (C=O) groups is 4. The van der Waals surface area contributed by atoms with Crippen LogP contribution in [0.4, 0.5) is 9.59 Å². The van der Waals surface area contributed by atoms with E-state index in [2.05, 4.69) is 15.3 Å². The van der Waals surface area contributed by atoms with Crippen molar-refractivity contribution in [3.63, 3.8) is 0 Å². The molecule has 2 aliphatic carbocycles. The topological polar surface area (TPSA) is 203 Å². The minimum absolute atomic E-state index is 0.107. The van der Waals surface area contributed by atoms with E-state index in [1.807, 2.05) is 73.9 Å². The number of hydrogen-bond donors (Lipinski definition) is 4. The number of carbonyl (C=O) groups excluding carboxylic acids is 3. The lowest BCUT2D eigenvalue weighted by Gasteiger charge is -2.35. The van der Waals surface area contributed by atoms with Gasteiger partial charge in [0.1, 0.15) is 23.7 Å². The van der Waals surface area contributed by atoms with Crippen molar-refractivity contribution in [3.05, 3.63) is 60.4 Å². The van der Waals surface area contributed by atoms with E-state index in [-0.39, 0.29) is 47.8 Å². The summed E-state index contributed by atoms with van der Waals surface area (Å²) < 4.78 is 4.80. The molecule has 0 spiro atoms. The minimum atomic E-state index is -1.12. The number of H-pyrrole nitrogens is 2. The molecule has 4 fully saturated rings. The van der Waals surface area contributed by atoms with Gasteiger partial charge in [0.15, 0.2) is 0 Å². The predicted molar refractivity (Wildman–Crippen MR) is 213 cm³/mol. The van der Waals surface area contributed by atoms with Crippen LogP contribution in [-0.4, -0.2) is 112 Å². The van der Waals surface area contributed by atoms with Crippen molar-refractivity contribution in [2.45, 2.75) is 89.6 Å². The molecule has 0 radical (unpaired) electrons. The normalized spacial score (nSPS) is 24.2. The zero-order valence-corrected chi connectivity index (χ0v) is 33.3. The van der Waals surface area contributed by atoms with E-state index >= 15 is 0 Å². The van der Waals surface area contributed by atoms with Crippen LogP contribution in [-0.2, 0) is 14.3 Å². The Morgan fingerprint density at radius 1 is 0.793 bits per heavy atom. The Morgan fingerprint density at radius 3 is 2.14 bits per heavy atom. The van der Waals surface area contributed by atoms with Crippen LogP contribution in [0.1, 0.15) is 77.1 Å². The number of rotatable bonds is 10. The van der Waals surface area contributed by atoms with Gasteiger partial charge in [-0.15, -0.1) is 0 Å². The van der Waals surface area contributed by atoms with E-state index in [1.54, 1.807) is 12.4 Å². The lowest BCUT2D eigenvalue weighted by Crippen LogP contribution is -2.52. The number of likely N-dealkylation sites (N-methyl/N-ethyl adjacent to an activating group) is 1. The molecule has 2 saturated carbocycles. The summed E-state index contributed by atoms with van der Waals surface area (Å²) in [7, 11) is 2.75. The number of amides is 4. The summed E-state index contributed by atoms with van der Waals surface area (Å²) in [5.41, 5.74) is 6.28. The van der Waals surface area contributed by atoms with Gasteiger partial charge < -0.3 is 34.9 Å². The number of ether oxygens (including phenoxy) is 1. The Bertz CT molecular complexity index is 2460. The van der Waals surface area contributed by atoms with Gasteiger partial charge in [0.25, 0.3) is 0 Å². The molecule has 0 bridgehead atoms. The summed E-state index contributed by atoms with van der Waals surface area (Å²) in [6.07, 6.45) is 5.26. The second kappa shape index (κ2) is 14.1. The number of methoxy groups -OCH3 is 1. The van der Waals surface area contributed by atoms with E-state index in [0.29, 0.717) is 28.9 Å². The molecule has 5 heterocycles. The SMILES string of the molecule is COC(=O)N[C@H](C(=O)N1[C@@H]2C[C@@H]2C[C@H]1c1nc2ccc(-c3cnc4cc(-c5cnc([C@@H]6C[C@H]7C[C@H]7N6C(=O)[C@H](C(C)C)N(C)C(=O)O)[nH]5)ccc4n3)cc2[nH]1)C(C)C. The molecule has 302 valence electrons. The van der Waals surface area contributed by atoms with Gasteiger partial charge in [0.05, 0.1) is 65.0 Å². The molecule has 2 aliphatic heterocycles. The number of aromatic amines is 2. The number of benzene rings is 2. The Hall–Kier alpha value is -6.06. The monoisotopic (exact) mass is 788 g/mol. The highest BCUT2D eigenvalue weighted by Crippen LogP contribution is 2.54. The van der Waals surface area contributed by atoms with Crippen LogP contribution in [0.3, 0.4) is 0 Å². The van der Waals surface area contributed by atoms with Gasteiger partial charge >= 0.3 is 12.2 Å². The molecular weight excluding hydrogens is 741 g/mol. The van der Waals surface area contributed by atoms with E-state index < -0.39 is 24.3 Å². The van der Waals surface area contributed by atoms with Gasteiger partial charge in [-0.1, -0.05) is 39.8 Å². The van der Waals surface area contributed by atoms with E-state index in [9.17, 15) is 24.3 Å². The minimum Gasteiger partial charge on any atom is -0.465 e. The summed E-state index contributed by atoms with van der Waals surface area (Å²) >= 11 is 0. The largest absolute Gasteiger partial charge is 0.465 e. The van der Waals surface area contributed by atoms with Crippen molar-refractivity contribution < 1.29 is 29.0 Å². The third-order valence-electron chi connectivity index (χ3n) is 12.6. The molecular formula is C42H48N10O6. The van der Waals surface area contributed by atoms with Crippen molar-refractivity contribution >= 4 is 46.1 Å². The zero-order valence-electron chi connectivity index (χ0n) is 33.3. The molecule has 8 atom stereocenters. The zero-order chi connectivity index (χ0) is 40.7. The number of aromatic nitrogens is 6. The molecule has 16 heteroatoms. The van der Waals surface area contributed by atoms with Gasteiger partial charge in [-0.25, -0.2) is 24.5 Å². The number of piperidine rings is 2. The fraction of sp³-hybridized carbons (Fsp3) is 0.476. The molecule has 16 nitrogen and oxygen atoms in total. The fourth-order valence-corrected chi connectivity index (χ4v) is 9.38. The van der Waals surface area contributed by atoms with Crippen molar-refractivity contribution in [2.75, 3.05) is 14.2 Å². The number of carboxylic acid groups (broad SMARTS) is 1. The van der Waals surface area contributed by atoms with Crippen molar-refractivity contribution in [1.82, 2.24) is 49.9 Å². The van der Waals surface area contributed by atoms with Crippen LogP contribution in [0.25, 0.3) is 44.6 Å². The number of nitrogens with zero attached hydrogens (tertiary/aromatic N) is 7. The predicted octanol–water partition coefficient (Wildman–Crippen LogP) is 5.90. The summed E-state index contributed by atoms with van der Waals surface area (Å²) in [5.74, 6) is 1.63. The highest BCUT2D eigenvalue weighted by molar-refractivity contribution is 5.89. The third-order valence-corrected chi connectivity index (χ3v) is 12.6. The van der Waals surface area contributed by atoms with Gasteiger partial charge in [0, 0.05) is 30.3 Å². The van der Waals surface area contributed by atoms with Gasteiger partial charge in [-0.05, 0) is 73.6 Å². The van der Waals surface area contributed by atoms with Crippen molar-refractivity contribution in [1.29, 1.82) is 0 Å². The number of hydrogen-bond acceptors (Lipinski definition) is 9. The Labute approximate surface area is 334 Å². The summed E-state index contributed by atoms with van der Waals surface area (Å²) in [6.45, 7) is 7.57. The van der Waals surface area contributed by atoms with Crippen LogP contribution >= 0.6 is 0 Å². The van der Waals surface area contributed by atoms with Gasteiger partial charge in [-0.3, -0.25) is 19.5 Å². The number of nitrogens with one attached hydrogen (secondary N) is 3. The Morgan fingerprint density at radius 2 is 1.47 bits per heavy atom. The second-order valence-corrected chi connectivity index (χ2v) is 17.1. The maximum Gasteiger partial charge on any atom is 0.407 e. The lowest BCUT2D eigenvalue weighted by molar-refractivity contribution is -0.140. The molecule has 4 N–H and O–H groups in total. The third kappa shape index (κ3) is 6.47. The van der Waals surface area contributed by atoms with Crippen molar-refractivity contribution in [2.24, 2.45) is 23.7 Å². The molecule has 2 aromatic carbocycles. The average Bonchev–Trinajstić information content (AvgIpc) is 3.83. The van der Waals surface area contributed by atoms with Crippen LogP contribution in [0, 0.1) is 23.7 Å². The quantitative estimate of drug-likeness (QED) is 0.132. The van der Waals surface area contributed by atoms with E-state index in [4.69, 9.17) is 24.7 Å². The van der Waals surface area contributed by atoms with Crippen LogP contribution in [0.5, 0.6) is 0 Å². The number of alkyl carbamates (subject to hydrolysis) is 1. The smallest absolute Gasteiger partial charge is 0.407 e. The van der Waals surface area contributed by atoms with Crippen molar-refractivity contribution in [3.8, 4) is 22.5 Å².